The first-order valence-corrected chi connectivity index (χ1v) is 5.37. The van der Waals surface area contributed by atoms with Crippen LogP contribution < -0.4 is 0 Å². The van der Waals surface area contributed by atoms with E-state index in [1.807, 2.05) is 13.0 Å². The molecule has 0 fully saturated rings. The summed E-state index contributed by atoms with van der Waals surface area (Å²) in [6.45, 7) is 6.32. The first kappa shape index (κ1) is 12.0. The van der Waals surface area contributed by atoms with Crippen molar-refractivity contribution in [1.29, 1.82) is 0 Å². The number of nitrogens with zero attached hydrogens (tertiary/aromatic N) is 1. The summed E-state index contributed by atoms with van der Waals surface area (Å²) in [6.07, 6.45) is 5.55. The van der Waals surface area contributed by atoms with Crippen LogP contribution in [-0.4, -0.2) is 16.7 Å². The minimum Gasteiger partial charge on any atom is -0.442 e. The van der Waals surface area contributed by atoms with E-state index in [4.69, 9.17) is 9.52 Å². The molecular formula is C12H19NO2. The molecule has 1 heterocycles. The van der Waals surface area contributed by atoms with E-state index in [9.17, 15) is 0 Å². The fraction of sp³-hybridized carbons (Fsp3) is 0.583. The van der Waals surface area contributed by atoms with Crippen molar-refractivity contribution < 1.29 is 9.52 Å². The van der Waals surface area contributed by atoms with Gasteiger partial charge < -0.3 is 9.52 Å². The van der Waals surface area contributed by atoms with Crippen LogP contribution in [0.4, 0.5) is 0 Å². The minimum absolute atomic E-state index is 0.114. The highest BCUT2D eigenvalue weighted by Gasteiger charge is 2.06. The van der Waals surface area contributed by atoms with E-state index in [1.165, 1.54) is 0 Å². The quantitative estimate of drug-likeness (QED) is 0.810. The normalized spacial score (nSPS) is 11.8. The fourth-order valence-electron chi connectivity index (χ4n) is 1.30. The molecular weight excluding hydrogens is 190 g/mol. The number of allylic oxidation sites excluding steroid dienone is 1. The maximum atomic E-state index is 8.80. The third-order valence-electron chi connectivity index (χ3n) is 2.13. The zero-order valence-corrected chi connectivity index (χ0v) is 9.66. The van der Waals surface area contributed by atoms with Crippen molar-refractivity contribution in [2.45, 2.75) is 33.6 Å². The van der Waals surface area contributed by atoms with E-state index in [0.29, 0.717) is 18.2 Å². The Morgan fingerprint density at radius 2 is 2.20 bits per heavy atom. The summed E-state index contributed by atoms with van der Waals surface area (Å²) in [5.74, 6) is 2.08. The van der Waals surface area contributed by atoms with E-state index in [0.717, 1.165) is 17.9 Å². The molecule has 0 saturated carbocycles. The summed E-state index contributed by atoms with van der Waals surface area (Å²) in [5, 5.41) is 8.80. The van der Waals surface area contributed by atoms with Gasteiger partial charge in [-0.25, -0.2) is 4.98 Å². The number of hydrogen-bond acceptors (Lipinski definition) is 3. The van der Waals surface area contributed by atoms with Gasteiger partial charge in [0, 0.05) is 13.0 Å². The van der Waals surface area contributed by atoms with Crippen LogP contribution in [0.1, 0.15) is 37.6 Å². The van der Waals surface area contributed by atoms with Gasteiger partial charge >= 0.3 is 0 Å². The van der Waals surface area contributed by atoms with Crippen LogP contribution >= 0.6 is 0 Å². The molecule has 0 aliphatic rings. The number of aliphatic hydroxyl groups is 1. The summed E-state index contributed by atoms with van der Waals surface area (Å²) in [4.78, 5) is 4.28. The molecule has 0 saturated heterocycles. The second kappa shape index (κ2) is 5.71. The maximum Gasteiger partial charge on any atom is 0.218 e. The highest BCUT2D eigenvalue weighted by molar-refractivity contribution is 5.38. The Balaban J connectivity index is 2.62. The molecule has 0 aliphatic carbocycles. The molecule has 1 N–H and O–H groups in total. The molecule has 1 aromatic heterocycles. The number of hydrogen-bond donors (Lipinski definition) is 1. The summed E-state index contributed by atoms with van der Waals surface area (Å²) in [7, 11) is 0. The Hall–Kier alpha value is -1.09. The average Bonchev–Trinajstić information content (AvgIpc) is 2.47. The molecule has 0 radical (unpaired) electrons. The van der Waals surface area contributed by atoms with Gasteiger partial charge in [0.25, 0.3) is 0 Å². The zero-order valence-electron chi connectivity index (χ0n) is 9.66. The van der Waals surface area contributed by atoms with Crippen LogP contribution in [0.2, 0.25) is 0 Å². The molecule has 1 aromatic rings. The Labute approximate surface area is 90.8 Å². The highest BCUT2D eigenvalue weighted by Crippen LogP contribution is 2.12. The SMILES string of the molecule is Cc1oc(/C=C/CC(C)C)nc1CCO. The molecule has 0 amide bonds. The summed E-state index contributed by atoms with van der Waals surface area (Å²) < 4.78 is 5.44. The number of aliphatic hydroxyl groups excluding tert-OH is 1. The van der Waals surface area contributed by atoms with Crippen molar-refractivity contribution in [3.63, 3.8) is 0 Å². The van der Waals surface area contributed by atoms with Crippen molar-refractivity contribution in [2.75, 3.05) is 6.61 Å². The monoisotopic (exact) mass is 209 g/mol. The van der Waals surface area contributed by atoms with Crippen LogP contribution in [0.15, 0.2) is 10.5 Å². The second-order valence-corrected chi connectivity index (χ2v) is 4.06. The summed E-state index contributed by atoms with van der Waals surface area (Å²) in [5.41, 5.74) is 0.849. The van der Waals surface area contributed by atoms with Gasteiger partial charge in [0.15, 0.2) is 0 Å². The molecule has 3 heteroatoms. The van der Waals surface area contributed by atoms with Crippen molar-refractivity contribution in [3.05, 3.63) is 23.4 Å². The maximum absolute atomic E-state index is 8.80. The van der Waals surface area contributed by atoms with Gasteiger partial charge in [-0.15, -0.1) is 0 Å². The first-order chi connectivity index (χ1) is 7.13. The predicted octanol–water partition coefficient (Wildman–Crippen LogP) is 2.58. The smallest absolute Gasteiger partial charge is 0.218 e. The molecule has 84 valence electrons. The van der Waals surface area contributed by atoms with Gasteiger partial charge in [-0.05, 0) is 25.3 Å². The van der Waals surface area contributed by atoms with Crippen LogP contribution in [0.3, 0.4) is 0 Å². The molecule has 15 heavy (non-hydrogen) atoms. The van der Waals surface area contributed by atoms with E-state index in [1.54, 1.807) is 0 Å². The molecule has 0 bridgehead atoms. The minimum atomic E-state index is 0.114. The molecule has 0 unspecified atom stereocenters. The molecule has 3 nitrogen and oxygen atoms in total. The summed E-state index contributed by atoms with van der Waals surface area (Å²) in [6, 6.07) is 0. The second-order valence-electron chi connectivity index (χ2n) is 4.06. The zero-order chi connectivity index (χ0) is 11.3. The molecule has 0 aliphatic heterocycles. The molecule has 0 spiro atoms. The van der Waals surface area contributed by atoms with Crippen LogP contribution in [0.25, 0.3) is 6.08 Å². The van der Waals surface area contributed by atoms with E-state index >= 15 is 0 Å². The van der Waals surface area contributed by atoms with Crippen LogP contribution in [0, 0.1) is 12.8 Å². The van der Waals surface area contributed by atoms with Gasteiger partial charge in [0.1, 0.15) is 5.76 Å². The van der Waals surface area contributed by atoms with Gasteiger partial charge in [0.05, 0.1) is 5.69 Å². The third kappa shape index (κ3) is 3.88. The van der Waals surface area contributed by atoms with E-state index in [-0.39, 0.29) is 6.61 Å². The Morgan fingerprint density at radius 1 is 1.47 bits per heavy atom. The lowest BCUT2D eigenvalue weighted by Gasteiger charge is -1.94. The van der Waals surface area contributed by atoms with Gasteiger partial charge in [-0.1, -0.05) is 19.9 Å². The number of rotatable bonds is 5. The fourth-order valence-corrected chi connectivity index (χ4v) is 1.30. The first-order valence-electron chi connectivity index (χ1n) is 5.37. The number of oxazole rings is 1. The Bertz CT molecular complexity index is 326. The number of aromatic nitrogens is 1. The average molecular weight is 209 g/mol. The highest BCUT2D eigenvalue weighted by atomic mass is 16.4. The van der Waals surface area contributed by atoms with Crippen molar-refractivity contribution >= 4 is 6.08 Å². The van der Waals surface area contributed by atoms with Crippen molar-refractivity contribution in [1.82, 2.24) is 4.98 Å². The standard InChI is InChI=1S/C12H19NO2/c1-9(2)5-4-6-12-13-11(7-8-14)10(3)15-12/h4,6,9,14H,5,7-8H2,1-3H3/b6-4+. The van der Waals surface area contributed by atoms with Gasteiger partial charge in [-0.3, -0.25) is 0 Å². The van der Waals surface area contributed by atoms with Crippen molar-refractivity contribution in [2.24, 2.45) is 5.92 Å². The lowest BCUT2D eigenvalue weighted by Crippen LogP contribution is -1.92. The van der Waals surface area contributed by atoms with Gasteiger partial charge in [0.2, 0.25) is 5.89 Å². The lowest BCUT2D eigenvalue weighted by molar-refractivity contribution is 0.297. The predicted molar refractivity (Wildman–Crippen MR) is 60.5 cm³/mol. The van der Waals surface area contributed by atoms with Gasteiger partial charge in [-0.2, -0.15) is 0 Å². The Morgan fingerprint density at radius 3 is 2.80 bits per heavy atom. The van der Waals surface area contributed by atoms with E-state index in [2.05, 4.69) is 24.9 Å². The lowest BCUT2D eigenvalue weighted by atomic mass is 10.1. The Kier molecular flexibility index (Phi) is 4.56. The van der Waals surface area contributed by atoms with Crippen LogP contribution in [0.5, 0.6) is 0 Å². The van der Waals surface area contributed by atoms with E-state index < -0.39 is 0 Å². The third-order valence-corrected chi connectivity index (χ3v) is 2.13. The van der Waals surface area contributed by atoms with Crippen LogP contribution in [-0.2, 0) is 6.42 Å². The van der Waals surface area contributed by atoms with Crippen molar-refractivity contribution in [3.8, 4) is 0 Å². The topological polar surface area (TPSA) is 46.3 Å². The molecule has 0 atom stereocenters. The number of aryl methyl sites for hydroxylation is 1. The largest absolute Gasteiger partial charge is 0.442 e. The molecule has 1 rings (SSSR count). The summed E-state index contributed by atoms with van der Waals surface area (Å²) >= 11 is 0. The molecule has 0 aromatic carbocycles.